The highest BCUT2D eigenvalue weighted by Crippen LogP contribution is 2.41. The molecule has 0 aliphatic heterocycles. The maximum atomic E-state index is 15.2. The average Bonchev–Trinajstić information content (AvgIpc) is 2.86. The second-order valence-corrected chi connectivity index (χ2v) is 8.64. The van der Waals surface area contributed by atoms with E-state index in [0.29, 0.717) is 5.56 Å². The van der Waals surface area contributed by atoms with Crippen molar-refractivity contribution in [1.82, 2.24) is 0 Å². The van der Waals surface area contributed by atoms with Gasteiger partial charge in [0, 0.05) is 5.56 Å². The minimum Gasteiger partial charge on any atom is -0.494 e. The van der Waals surface area contributed by atoms with Crippen LogP contribution in [0.2, 0.25) is 0 Å². The largest absolute Gasteiger partial charge is 0.494 e. The number of hydrogen-bond donors (Lipinski definition) is 0. The summed E-state index contributed by atoms with van der Waals surface area (Å²) in [5, 5.41) is 0. The monoisotopic (exact) mass is 456 g/mol. The molecule has 0 heterocycles. The van der Waals surface area contributed by atoms with Crippen LogP contribution < -0.4 is 4.74 Å². The summed E-state index contributed by atoms with van der Waals surface area (Å²) in [7, 11) is 1.34. The van der Waals surface area contributed by atoms with E-state index in [4.69, 9.17) is 4.74 Å². The molecule has 0 N–H and O–H groups in total. The van der Waals surface area contributed by atoms with Gasteiger partial charge in [0.15, 0.2) is 11.6 Å². The summed E-state index contributed by atoms with van der Waals surface area (Å²) in [6.45, 7) is 4.14. The van der Waals surface area contributed by atoms with Crippen molar-refractivity contribution in [2.75, 3.05) is 7.11 Å². The number of rotatable bonds is 8. The van der Waals surface area contributed by atoms with E-state index in [1.165, 1.54) is 38.0 Å². The zero-order valence-corrected chi connectivity index (χ0v) is 20.0. The van der Waals surface area contributed by atoms with Gasteiger partial charge in [0.1, 0.15) is 0 Å². The summed E-state index contributed by atoms with van der Waals surface area (Å²) in [5.41, 5.74) is 7.13. The molecule has 0 saturated carbocycles. The fourth-order valence-corrected chi connectivity index (χ4v) is 4.53. The fraction of sp³-hybridized carbons (Fsp3) is 0.226. The van der Waals surface area contributed by atoms with Gasteiger partial charge in [0.2, 0.25) is 5.82 Å². The topological polar surface area (TPSA) is 9.23 Å². The first-order chi connectivity index (χ1) is 16.5. The van der Waals surface area contributed by atoms with Crippen molar-refractivity contribution in [2.24, 2.45) is 0 Å². The number of unbranched alkanes of at least 4 members (excludes halogenated alkanes) is 2. The van der Waals surface area contributed by atoms with Crippen molar-refractivity contribution < 1.29 is 13.5 Å². The molecule has 0 atom stereocenters. The second kappa shape index (κ2) is 10.6. The summed E-state index contributed by atoms with van der Waals surface area (Å²) < 4.78 is 34.7. The van der Waals surface area contributed by atoms with Crippen LogP contribution in [-0.4, -0.2) is 7.11 Å². The van der Waals surface area contributed by atoms with Crippen LogP contribution in [0.1, 0.15) is 37.3 Å². The minimum atomic E-state index is -0.971. The van der Waals surface area contributed by atoms with Gasteiger partial charge in [-0.2, -0.15) is 4.39 Å². The zero-order chi connectivity index (χ0) is 24.1. The Morgan fingerprint density at radius 3 is 2.09 bits per heavy atom. The Balaban J connectivity index is 1.81. The molecule has 0 unspecified atom stereocenters. The van der Waals surface area contributed by atoms with Gasteiger partial charge in [0.25, 0.3) is 0 Å². The summed E-state index contributed by atoms with van der Waals surface area (Å²) >= 11 is 0. The Hall–Kier alpha value is -3.46. The summed E-state index contributed by atoms with van der Waals surface area (Å²) in [6, 6.07) is 25.7. The van der Waals surface area contributed by atoms with Gasteiger partial charge >= 0.3 is 0 Å². The number of benzene rings is 4. The Morgan fingerprint density at radius 2 is 1.38 bits per heavy atom. The number of halogens is 2. The number of ether oxygens (including phenoxy) is 1. The molecule has 0 amide bonds. The molecular weight excluding hydrogens is 426 g/mol. The third-order valence-corrected chi connectivity index (χ3v) is 6.36. The summed E-state index contributed by atoms with van der Waals surface area (Å²) in [6.07, 6.45) is 4.73. The molecule has 0 fully saturated rings. The lowest BCUT2D eigenvalue weighted by atomic mass is 9.87. The predicted octanol–water partition coefficient (Wildman–Crippen LogP) is 9.02. The second-order valence-electron chi connectivity index (χ2n) is 8.64. The van der Waals surface area contributed by atoms with Gasteiger partial charge in [-0.15, -0.1) is 0 Å². The average molecular weight is 457 g/mol. The van der Waals surface area contributed by atoms with Crippen LogP contribution in [-0.2, 0) is 6.42 Å². The van der Waals surface area contributed by atoms with Crippen LogP contribution in [0.5, 0.6) is 5.75 Å². The van der Waals surface area contributed by atoms with Crippen LogP contribution in [0.15, 0.2) is 78.9 Å². The van der Waals surface area contributed by atoms with Crippen molar-refractivity contribution in [3.8, 4) is 39.1 Å². The van der Waals surface area contributed by atoms with Crippen molar-refractivity contribution in [3.63, 3.8) is 0 Å². The van der Waals surface area contributed by atoms with E-state index >= 15 is 4.39 Å². The molecule has 4 aromatic rings. The Morgan fingerprint density at radius 1 is 0.676 bits per heavy atom. The van der Waals surface area contributed by atoms with Gasteiger partial charge in [-0.3, -0.25) is 0 Å². The highest BCUT2D eigenvalue weighted by molar-refractivity contribution is 5.93. The summed E-state index contributed by atoms with van der Waals surface area (Å²) in [4.78, 5) is 0. The van der Waals surface area contributed by atoms with Gasteiger partial charge in [0.05, 0.1) is 7.11 Å². The lowest BCUT2D eigenvalue weighted by Crippen LogP contribution is -1.98. The smallest absolute Gasteiger partial charge is 0.201 e. The number of hydrogen-bond acceptors (Lipinski definition) is 1. The first-order valence-corrected chi connectivity index (χ1v) is 11.9. The molecule has 34 heavy (non-hydrogen) atoms. The van der Waals surface area contributed by atoms with Gasteiger partial charge in [-0.25, -0.2) is 4.39 Å². The van der Waals surface area contributed by atoms with Gasteiger partial charge in [-0.1, -0.05) is 86.5 Å². The van der Waals surface area contributed by atoms with E-state index in [2.05, 4.69) is 37.3 Å². The molecule has 4 rings (SSSR count). The summed E-state index contributed by atoms with van der Waals surface area (Å²) in [5.74, 6) is -1.97. The molecule has 0 spiro atoms. The van der Waals surface area contributed by atoms with Crippen molar-refractivity contribution in [2.45, 2.75) is 39.5 Å². The molecule has 174 valence electrons. The van der Waals surface area contributed by atoms with E-state index < -0.39 is 11.6 Å². The standard InChI is InChI=1S/C31H30F2O/c1-4-5-6-11-22-15-17-23(18-16-22)24-12-7-8-13-25(24)26-14-9-10-21(2)29(26)27-19-20-28(34-3)31(33)30(27)32/h7-10,12-20H,4-6,11H2,1-3H3. The van der Waals surface area contributed by atoms with Crippen LogP contribution in [0.25, 0.3) is 33.4 Å². The third-order valence-electron chi connectivity index (χ3n) is 6.36. The van der Waals surface area contributed by atoms with Crippen LogP contribution in [0.4, 0.5) is 8.78 Å². The quantitative estimate of drug-likeness (QED) is 0.240. The van der Waals surface area contributed by atoms with E-state index in [9.17, 15) is 4.39 Å². The zero-order valence-electron chi connectivity index (χ0n) is 20.0. The van der Waals surface area contributed by atoms with Crippen LogP contribution in [0, 0.1) is 18.6 Å². The maximum absolute atomic E-state index is 15.2. The molecular formula is C31H30F2O. The first-order valence-electron chi connectivity index (χ1n) is 11.9. The lowest BCUT2D eigenvalue weighted by Gasteiger charge is -2.18. The highest BCUT2D eigenvalue weighted by atomic mass is 19.2. The SMILES string of the molecule is CCCCCc1ccc(-c2ccccc2-c2cccc(C)c2-c2ccc(OC)c(F)c2F)cc1. The maximum Gasteiger partial charge on any atom is 0.201 e. The molecule has 4 aromatic carbocycles. The number of methoxy groups -OCH3 is 1. The Bertz CT molecular complexity index is 1280. The Labute approximate surface area is 201 Å². The Kier molecular flexibility index (Phi) is 7.42. The minimum absolute atomic E-state index is 0.101. The van der Waals surface area contributed by atoms with E-state index in [1.807, 2.05) is 43.3 Å². The molecule has 0 radical (unpaired) electrons. The van der Waals surface area contributed by atoms with Gasteiger partial charge in [-0.05, 0) is 70.8 Å². The van der Waals surface area contributed by atoms with Crippen molar-refractivity contribution in [3.05, 3.63) is 102 Å². The van der Waals surface area contributed by atoms with Crippen molar-refractivity contribution in [1.29, 1.82) is 0 Å². The normalized spacial score (nSPS) is 11.0. The van der Waals surface area contributed by atoms with E-state index in [-0.39, 0.29) is 11.3 Å². The van der Waals surface area contributed by atoms with E-state index in [0.717, 1.165) is 34.2 Å². The highest BCUT2D eigenvalue weighted by Gasteiger charge is 2.20. The van der Waals surface area contributed by atoms with Crippen molar-refractivity contribution >= 4 is 0 Å². The molecule has 0 saturated heterocycles. The molecule has 1 nitrogen and oxygen atoms in total. The molecule has 0 aliphatic carbocycles. The molecule has 0 aliphatic rings. The molecule has 0 bridgehead atoms. The first kappa shape index (κ1) is 23.7. The fourth-order valence-electron chi connectivity index (χ4n) is 4.53. The molecule has 3 heteroatoms. The van der Waals surface area contributed by atoms with Crippen LogP contribution >= 0.6 is 0 Å². The van der Waals surface area contributed by atoms with Gasteiger partial charge < -0.3 is 4.74 Å². The third kappa shape index (κ3) is 4.75. The molecule has 0 aromatic heterocycles. The predicted molar refractivity (Wildman–Crippen MR) is 137 cm³/mol. The lowest BCUT2D eigenvalue weighted by molar-refractivity contribution is 0.372. The van der Waals surface area contributed by atoms with E-state index in [1.54, 1.807) is 6.07 Å². The number of aryl methyl sites for hydroxylation is 2. The van der Waals surface area contributed by atoms with Crippen LogP contribution in [0.3, 0.4) is 0 Å².